The van der Waals surface area contributed by atoms with Crippen molar-refractivity contribution in [2.45, 2.75) is 25.2 Å². The fraction of sp³-hybridized carbons (Fsp3) is 0.259. The average Bonchev–Trinajstić information content (AvgIpc) is 3.20. The molecule has 0 unspecified atom stereocenters. The molecular weight excluding hydrogens is 390 g/mol. The minimum atomic E-state index is -0.420. The van der Waals surface area contributed by atoms with Crippen LogP contribution in [0.1, 0.15) is 29.9 Å². The summed E-state index contributed by atoms with van der Waals surface area (Å²) in [4.78, 5) is 5.90. The molecule has 4 aromatic rings. The number of nitrogens with zero attached hydrogens (tertiary/aromatic N) is 1. The third kappa shape index (κ3) is 4.13. The van der Waals surface area contributed by atoms with Gasteiger partial charge in [-0.2, -0.15) is 0 Å². The zero-order chi connectivity index (χ0) is 21.2. The lowest BCUT2D eigenvalue weighted by molar-refractivity contribution is 0.215. The molecule has 3 aromatic carbocycles. The lowest BCUT2D eigenvalue weighted by Gasteiger charge is -2.32. The molecule has 1 N–H and O–H groups in total. The third-order valence-electron chi connectivity index (χ3n) is 6.50. The summed E-state index contributed by atoms with van der Waals surface area (Å²) in [6.07, 6.45) is 3.08. The van der Waals surface area contributed by atoms with E-state index in [0.29, 0.717) is 11.5 Å². The number of aromatic nitrogens is 1. The maximum atomic E-state index is 14.7. The predicted molar refractivity (Wildman–Crippen MR) is 122 cm³/mol. The number of para-hydroxylation sites is 1. The summed E-state index contributed by atoms with van der Waals surface area (Å²) in [6.45, 7) is 3.08. The largest absolute Gasteiger partial charge is 0.354 e. The molecule has 5 rings (SSSR count). The van der Waals surface area contributed by atoms with Crippen molar-refractivity contribution in [3.63, 3.8) is 0 Å². The molecule has 1 aromatic heterocycles. The van der Waals surface area contributed by atoms with Gasteiger partial charge in [-0.3, -0.25) is 0 Å². The van der Waals surface area contributed by atoms with Crippen LogP contribution in [0, 0.1) is 11.6 Å². The van der Waals surface area contributed by atoms with Crippen LogP contribution in [0.2, 0.25) is 0 Å². The zero-order valence-electron chi connectivity index (χ0n) is 17.5. The number of benzene rings is 3. The molecule has 4 heteroatoms. The van der Waals surface area contributed by atoms with Gasteiger partial charge in [0.15, 0.2) is 0 Å². The van der Waals surface area contributed by atoms with Crippen molar-refractivity contribution in [2.75, 3.05) is 19.6 Å². The van der Waals surface area contributed by atoms with Gasteiger partial charge in [0.1, 0.15) is 11.6 Å². The number of halogens is 2. The van der Waals surface area contributed by atoms with E-state index in [9.17, 15) is 8.78 Å². The minimum absolute atomic E-state index is 0.317. The van der Waals surface area contributed by atoms with E-state index < -0.39 is 11.6 Å². The Morgan fingerprint density at radius 3 is 2.42 bits per heavy atom. The van der Waals surface area contributed by atoms with Crippen LogP contribution in [0.3, 0.4) is 0 Å². The quantitative estimate of drug-likeness (QED) is 0.392. The first-order valence-corrected chi connectivity index (χ1v) is 11.0. The SMILES string of the molecule is Fc1ccc(F)c(-c2[nH]c3ccccc3c2C2CCN(CCc3ccccc3)CC2)c1. The number of rotatable bonds is 5. The van der Waals surface area contributed by atoms with E-state index in [1.807, 2.05) is 18.2 Å². The van der Waals surface area contributed by atoms with Crippen LogP contribution in [-0.2, 0) is 6.42 Å². The molecular formula is C27H26F2N2. The highest BCUT2D eigenvalue weighted by Crippen LogP contribution is 2.41. The first-order chi connectivity index (χ1) is 15.2. The maximum absolute atomic E-state index is 14.7. The molecule has 1 saturated heterocycles. The fourth-order valence-corrected chi connectivity index (χ4v) is 4.87. The Balaban J connectivity index is 1.40. The van der Waals surface area contributed by atoms with E-state index in [2.05, 4.69) is 46.3 Å². The zero-order valence-corrected chi connectivity index (χ0v) is 17.5. The highest BCUT2D eigenvalue weighted by atomic mass is 19.1. The lowest BCUT2D eigenvalue weighted by atomic mass is 9.86. The van der Waals surface area contributed by atoms with Gasteiger partial charge in [0.25, 0.3) is 0 Å². The second-order valence-electron chi connectivity index (χ2n) is 8.43. The van der Waals surface area contributed by atoms with Crippen molar-refractivity contribution in [3.05, 3.63) is 95.6 Å². The Morgan fingerprint density at radius 2 is 1.61 bits per heavy atom. The Labute approximate surface area is 181 Å². The first-order valence-electron chi connectivity index (χ1n) is 11.0. The molecule has 158 valence electrons. The molecule has 0 radical (unpaired) electrons. The lowest BCUT2D eigenvalue weighted by Crippen LogP contribution is -2.34. The number of likely N-dealkylation sites (tertiary alicyclic amines) is 1. The van der Waals surface area contributed by atoms with Crippen molar-refractivity contribution < 1.29 is 8.78 Å². The third-order valence-corrected chi connectivity index (χ3v) is 6.50. The van der Waals surface area contributed by atoms with Crippen LogP contribution >= 0.6 is 0 Å². The van der Waals surface area contributed by atoms with Gasteiger partial charge in [0.05, 0.1) is 5.69 Å². The minimum Gasteiger partial charge on any atom is -0.354 e. The molecule has 0 spiro atoms. The Hall–Kier alpha value is -2.98. The molecule has 2 heterocycles. The van der Waals surface area contributed by atoms with Crippen LogP contribution in [0.15, 0.2) is 72.8 Å². The van der Waals surface area contributed by atoms with E-state index in [1.54, 1.807) is 0 Å². The van der Waals surface area contributed by atoms with Crippen LogP contribution in [0.4, 0.5) is 8.78 Å². The van der Waals surface area contributed by atoms with Crippen molar-refractivity contribution in [3.8, 4) is 11.3 Å². The number of aromatic amines is 1. The van der Waals surface area contributed by atoms with Crippen LogP contribution < -0.4 is 0 Å². The highest BCUT2D eigenvalue weighted by Gasteiger charge is 2.27. The van der Waals surface area contributed by atoms with Gasteiger partial charge >= 0.3 is 0 Å². The molecule has 31 heavy (non-hydrogen) atoms. The second kappa shape index (κ2) is 8.64. The van der Waals surface area contributed by atoms with E-state index in [1.165, 1.54) is 23.8 Å². The fourth-order valence-electron chi connectivity index (χ4n) is 4.87. The summed E-state index contributed by atoms with van der Waals surface area (Å²) in [6, 6.07) is 22.4. The number of hydrogen-bond acceptors (Lipinski definition) is 1. The number of fused-ring (bicyclic) bond motifs is 1. The summed E-state index contributed by atoms with van der Waals surface area (Å²) in [5.41, 5.74) is 4.51. The molecule has 1 aliphatic rings. The van der Waals surface area contributed by atoms with Gasteiger partial charge in [-0.25, -0.2) is 8.78 Å². The summed E-state index contributed by atoms with van der Waals surface area (Å²) in [5, 5.41) is 1.11. The van der Waals surface area contributed by atoms with E-state index >= 15 is 0 Å². The van der Waals surface area contributed by atoms with Gasteiger partial charge in [-0.1, -0.05) is 48.5 Å². The van der Waals surface area contributed by atoms with Crippen LogP contribution in [-0.4, -0.2) is 29.5 Å². The summed E-state index contributed by atoms with van der Waals surface area (Å²) < 4.78 is 28.6. The normalized spacial score (nSPS) is 15.5. The summed E-state index contributed by atoms with van der Waals surface area (Å²) in [7, 11) is 0. The van der Waals surface area contributed by atoms with Crippen LogP contribution in [0.5, 0.6) is 0 Å². The standard InChI is InChI=1S/C27H26F2N2/c28-21-10-11-24(29)23(18-21)27-26(22-8-4-5-9-25(22)30-27)20-13-16-31(17-14-20)15-12-19-6-2-1-3-7-19/h1-11,18,20,30H,12-17H2. The highest BCUT2D eigenvalue weighted by molar-refractivity contribution is 5.91. The number of nitrogens with one attached hydrogen (secondary N) is 1. The molecule has 0 bridgehead atoms. The van der Waals surface area contributed by atoms with Gasteiger partial charge in [-0.05, 0) is 73.7 Å². The van der Waals surface area contributed by atoms with Gasteiger partial charge < -0.3 is 9.88 Å². The van der Waals surface area contributed by atoms with Crippen molar-refractivity contribution in [1.82, 2.24) is 9.88 Å². The first kappa shape index (κ1) is 20.0. The summed E-state index contributed by atoms with van der Waals surface area (Å²) >= 11 is 0. The molecule has 0 saturated carbocycles. The second-order valence-corrected chi connectivity index (χ2v) is 8.43. The van der Waals surface area contributed by atoms with Crippen molar-refractivity contribution in [1.29, 1.82) is 0 Å². The summed E-state index contributed by atoms with van der Waals surface area (Å²) in [5.74, 6) is -0.493. The van der Waals surface area contributed by atoms with Gasteiger partial charge in [0, 0.05) is 23.0 Å². The number of H-pyrrole nitrogens is 1. The Bertz CT molecular complexity index is 1170. The van der Waals surface area contributed by atoms with E-state index in [0.717, 1.165) is 61.1 Å². The van der Waals surface area contributed by atoms with Crippen molar-refractivity contribution in [2.24, 2.45) is 0 Å². The predicted octanol–water partition coefficient (Wildman–Crippen LogP) is 6.54. The van der Waals surface area contributed by atoms with Gasteiger partial charge in [-0.15, -0.1) is 0 Å². The van der Waals surface area contributed by atoms with E-state index in [4.69, 9.17) is 0 Å². The molecule has 2 nitrogen and oxygen atoms in total. The Morgan fingerprint density at radius 1 is 0.871 bits per heavy atom. The monoisotopic (exact) mass is 416 g/mol. The molecule has 1 aliphatic heterocycles. The molecule has 0 aliphatic carbocycles. The Kier molecular flexibility index (Phi) is 5.56. The molecule has 1 fully saturated rings. The average molecular weight is 417 g/mol. The number of piperidine rings is 1. The van der Waals surface area contributed by atoms with E-state index in [-0.39, 0.29) is 0 Å². The maximum Gasteiger partial charge on any atom is 0.132 e. The number of hydrogen-bond donors (Lipinski definition) is 1. The molecule has 0 amide bonds. The molecule has 0 atom stereocenters. The van der Waals surface area contributed by atoms with Gasteiger partial charge in [0.2, 0.25) is 0 Å². The van der Waals surface area contributed by atoms with Crippen LogP contribution in [0.25, 0.3) is 22.2 Å². The van der Waals surface area contributed by atoms with Crippen molar-refractivity contribution >= 4 is 10.9 Å². The smallest absolute Gasteiger partial charge is 0.132 e. The topological polar surface area (TPSA) is 19.0 Å².